The van der Waals surface area contributed by atoms with Gasteiger partial charge in [0.25, 0.3) is 0 Å². The molecule has 0 bridgehead atoms. The molecule has 1 aliphatic rings. The van der Waals surface area contributed by atoms with E-state index in [4.69, 9.17) is 0 Å². The fraction of sp³-hybridized carbons (Fsp3) is 0.615. The first kappa shape index (κ1) is 11.4. The van der Waals surface area contributed by atoms with Crippen LogP contribution in [0.4, 0.5) is 5.69 Å². The first-order chi connectivity index (χ1) is 7.68. The van der Waals surface area contributed by atoms with Crippen molar-refractivity contribution in [2.45, 2.75) is 26.7 Å². The summed E-state index contributed by atoms with van der Waals surface area (Å²) in [5, 5.41) is 6.99. The van der Waals surface area contributed by atoms with Crippen molar-refractivity contribution in [3.05, 3.63) is 24.0 Å². The van der Waals surface area contributed by atoms with Gasteiger partial charge in [-0.15, -0.1) is 0 Å². The molecule has 0 saturated carbocycles. The summed E-state index contributed by atoms with van der Waals surface area (Å²) in [5.41, 5.74) is 2.63. The molecule has 1 aromatic heterocycles. The van der Waals surface area contributed by atoms with E-state index in [1.165, 1.54) is 25.1 Å². The minimum absolute atomic E-state index is 0.384. The van der Waals surface area contributed by atoms with Crippen LogP contribution >= 0.6 is 0 Å². The molecule has 1 unspecified atom stereocenters. The van der Waals surface area contributed by atoms with E-state index in [0.29, 0.717) is 5.41 Å². The molecule has 3 nitrogen and oxygen atoms in total. The molecule has 1 saturated heterocycles. The minimum Gasteiger partial charge on any atom is -0.384 e. The Morgan fingerprint density at radius 2 is 2.44 bits per heavy atom. The molecule has 1 aliphatic heterocycles. The highest BCUT2D eigenvalue weighted by molar-refractivity contribution is 5.43. The van der Waals surface area contributed by atoms with E-state index in [9.17, 15) is 0 Å². The Labute approximate surface area is 97.7 Å². The molecule has 3 heteroatoms. The Balaban J connectivity index is 1.91. The predicted octanol–water partition coefficient (Wildman–Crippen LogP) is 2.19. The van der Waals surface area contributed by atoms with Crippen molar-refractivity contribution in [1.82, 2.24) is 10.3 Å². The van der Waals surface area contributed by atoms with Crippen LogP contribution in [0.5, 0.6) is 0 Å². The third kappa shape index (κ3) is 2.95. The first-order valence-corrected chi connectivity index (χ1v) is 6.05. The molecule has 0 radical (unpaired) electrons. The number of hydrogen-bond donors (Lipinski definition) is 2. The second-order valence-electron chi connectivity index (χ2n) is 5.13. The molecule has 0 amide bonds. The van der Waals surface area contributed by atoms with Crippen LogP contribution in [-0.2, 0) is 0 Å². The SMILES string of the molecule is Cc1cc(NCC2(C)CCCNC2)ccn1. The lowest BCUT2D eigenvalue weighted by atomic mass is 9.83. The second-order valence-corrected chi connectivity index (χ2v) is 5.13. The molecule has 1 atom stereocenters. The van der Waals surface area contributed by atoms with Gasteiger partial charge >= 0.3 is 0 Å². The van der Waals surface area contributed by atoms with Gasteiger partial charge in [-0.25, -0.2) is 0 Å². The van der Waals surface area contributed by atoms with Crippen LogP contribution in [-0.4, -0.2) is 24.6 Å². The standard InChI is InChI=1S/C13H21N3/c1-11-8-12(4-7-15-11)16-10-13(2)5-3-6-14-9-13/h4,7-8,14H,3,5-6,9-10H2,1-2H3,(H,15,16). The Hall–Kier alpha value is -1.09. The quantitative estimate of drug-likeness (QED) is 0.818. The molecule has 2 heterocycles. The lowest BCUT2D eigenvalue weighted by molar-refractivity contribution is 0.253. The largest absolute Gasteiger partial charge is 0.384 e. The van der Waals surface area contributed by atoms with Gasteiger partial charge in [-0.1, -0.05) is 6.92 Å². The Kier molecular flexibility index (Phi) is 3.44. The Morgan fingerprint density at radius 3 is 3.12 bits per heavy atom. The van der Waals surface area contributed by atoms with E-state index in [1.807, 2.05) is 19.2 Å². The number of aryl methyl sites for hydroxylation is 1. The van der Waals surface area contributed by atoms with E-state index < -0.39 is 0 Å². The first-order valence-electron chi connectivity index (χ1n) is 6.05. The highest BCUT2D eigenvalue weighted by Gasteiger charge is 2.26. The maximum Gasteiger partial charge on any atom is 0.0393 e. The molecule has 0 aliphatic carbocycles. The van der Waals surface area contributed by atoms with Gasteiger partial charge in [-0.05, 0) is 43.9 Å². The Bertz CT molecular complexity index is 343. The minimum atomic E-state index is 0.384. The number of pyridine rings is 1. The van der Waals surface area contributed by atoms with Gasteiger partial charge in [-0.2, -0.15) is 0 Å². The van der Waals surface area contributed by atoms with Gasteiger partial charge in [0.15, 0.2) is 0 Å². The summed E-state index contributed by atoms with van der Waals surface area (Å²) in [6.45, 7) is 7.69. The molecule has 88 valence electrons. The number of anilines is 1. The second kappa shape index (κ2) is 4.83. The number of hydrogen-bond acceptors (Lipinski definition) is 3. The number of aromatic nitrogens is 1. The summed E-state index contributed by atoms with van der Waals surface area (Å²) >= 11 is 0. The zero-order valence-corrected chi connectivity index (χ0v) is 10.2. The van der Waals surface area contributed by atoms with Gasteiger partial charge in [0.2, 0.25) is 0 Å². The molecule has 0 aromatic carbocycles. The topological polar surface area (TPSA) is 37.0 Å². The summed E-state index contributed by atoms with van der Waals surface area (Å²) in [5.74, 6) is 0. The van der Waals surface area contributed by atoms with Gasteiger partial charge < -0.3 is 10.6 Å². The van der Waals surface area contributed by atoms with Crippen molar-refractivity contribution in [2.24, 2.45) is 5.41 Å². The highest BCUT2D eigenvalue weighted by atomic mass is 14.9. The van der Waals surface area contributed by atoms with Crippen molar-refractivity contribution >= 4 is 5.69 Å². The monoisotopic (exact) mass is 219 g/mol. The van der Waals surface area contributed by atoms with Gasteiger partial charge in [0.1, 0.15) is 0 Å². The van der Waals surface area contributed by atoms with E-state index in [1.54, 1.807) is 0 Å². The molecule has 2 N–H and O–H groups in total. The average molecular weight is 219 g/mol. The summed E-state index contributed by atoms with van der Waals surface area (Å²) in [4.78, 5) is 4.20. The smallest absolute Gasteiger partial charge is 0.0393 e. The fourth-order valence-corrected chi connectivity index (χ4v) is 2.24. The molecule has 16 heavy (non-hydrogen) atoms. The zero-order chi connectivity index (χ0) is 11.4. The molecule has 1 aromatic rings. The molecular formula is C13H21N3. The third-order valence-electron chi connectivity index (χ3n) is 3.30. The fourth-order valence-electron chi connectivity index (χ4n) is 2.24. The van der Waals surface area contributed by atoms with Gasteiger partial charge in [-0.3, -0.25) is 4.98 Å². The molecule has 0 spiro atoms. The summed E-state index contributed by atoms with van der Waals surface area (Å²) in [6.07, 6.45) is 4.45. The maximum absolute atomic E-state index is 4.20. The predicted molar refractivity (Wildman–Crippen MR) is 67.7 cm³/mol. The number of nitrogens with zero attached hydrogens (tertiary/aromatic N) is 1. The van der Waals surface area contributed by atoms with Crippen molar-refractivity contribution in [1.29, 1.82) is 0 Å². The zero-order valence-electron chi connectivity index (χ0n) is 10.2. The number of rotatable bonds is 3. The maximum atomic E-state index is 4.20. The van der Waals surface area contributed by atoms with Crippen molar-refractivity contribution in [2.75, 3.05) is 25.0 Å². The molecule has 2 rings (SSSR count). The highest BCUT2D eigenvalue weighted by Crippen LogP contribution is 2.25. The van der Waals surface area contributed by atoms with Crippen LogP contribution in [0.15, 0.2) is 18.3 Å². The lowest BCUT2D eigenvalue weighted by Crippen LogP contribution is -2.42. The van der Waals surface area contributed by atoms with E-state index in [-0.39, 0.29) is 0 Å². The average Bonchev–Trinajstić information content (AvgIpc) is 2.28. The summed E-state index contributed by atoms with van der Waals surface area (Å²) in [7, 11) is 0. The van der Waals surface area contributed by atoms with Crippen LogP contribution in [0.3, 0.4) is 0 Å². The van der Waals surface area contributed by atoms with Gasteiger partial charge in [0, 0.05) is 30.7 Å². The third-order valence-corrected chi connectivity index (χ3v) is 3.30. The number of nitrogens with one attached hydrogen (secondary N) is 2. The summed E-state index contributed by atoms with van der Waals surface area (Å²) in [6, 6.07) is 4.13. The van der Waals surface area contributed by atoms with Gasteiger partial charge in [0.05, 0.1) is 0 Å². The normalized spacial score (nSPS) is 25.4. The van der Waals surface area contributed by atoms with E-state index in [2.05, 4.69) is 28.6 Å². The summed E-state index contributed by atoms with van der Waals surface area (Å²) < 4.78 is 0. The van der Waals surface area contributed by atoms with Crippen molar-refractivity contribution in [3.63, 3.8) is 0 Å². The number of piperidine rings is 1. The van der Waals surface area contributed by atoms with E-state index >= 15 is 0 Å². The van der Waals surface area contributed by atoms with Crippen molar-refractivity contribution < 1.29 is 0 Å². The lowest BCUT2D eigenvalue weighted by Gasteiger charge is -2.34. The van der Waals surface area contributed by atoms with Crippen LogP contribution in [0.1, 0.15) is 25.5 Å². The van der Waals surface area contributed by atoms with Crippen LogP contribution < -0.4 is 10.6 Å². The van der Waals surface area contributed by atoms with E-state index in [0.717, 1.165) is 18.8 Å². The molecular weight excluding hydrogens is 198 g/mol. The molecule has 1 fully saturated rings. The van der Waals surface area contributed by atoms with Crippen LogP contribution in [0.25, 0.3) is 0 Å². The van der Waals surface area contributed by atoms with Crippen LogP contribution in [0, 0.1) is 12.3 Å². The van der Waals surface area contributed by atoms with Crippen molar-refractivity contribution in [3.8, 4) is 0 Å². The van der Waals surface area contributed by atoms with Crippen LogP contribution in [0.2, 0.25) is 0 Å². The Morgan fingerprint density at radius 1 is 1.56 bits per heavy atom.